The number of halogens is 1. The Morgan fingerprint density at radius 1 is 1.31 bits per heavy atom. The van der Waals surface area contributed by atoms with Gasteiger partial charge in [0.15, 0.2) is 0 Å². The van der Waals surface area contributed by atoms with Crippen LogP contribution in [-0.4, -0.2) is 12.6 Å². The predicted octanol–water partition coefficient (Wildman–Crippen LogP) is 2.90. The molecule has 2 amide bonds. The van der Waals surface area contributed by atoms with Crippen molar-refractivity contribution in [1.82, 2.24) is 10.6 Å². The van der Waals surface area contributed by atoms with Gasteiger partial charge in [-0.05, 0) is 17.5 Å². The largest absolute Gasteiger partial charge is 0.338 e. The smallest absolute Gasteiger partial charge is 0.315 e. The summed E-state index contributed by atoms with van der Waals surface area (Å²) in [6, 6.07) is 7.72. The molecule has 0 fully saturated rings. The minimum absolute atomic E-state index is 0.121. The van der Waals surface area contributed by atoms with E-state index in [0.29, 0.717) is 19.0 Å². The molecule has 0 saturated heterocycles. The Morgan fingerprint density at radius 2 is 2.00 bits per heavy atom. The molecule has 4 heteroatoms. The average Bonchev–Trinajstić information content (AvgIpc) is 2.25. The van der Waals surface area contributed by atoms with E-state index in [-0.39, 0.29) is 6.03 Å². The van der Waals surface area contributed by atoms with Gasteiger partial charge in [-0.3, -0.25) is 0 Å². The van der Waals surface area contributed by atoms with Crippen LogP contribution in [0.2, 0.25) is 0 Å². The van der Waals surface area contributed by atoms with E-state index in [1.54, 1.807) is 0 Å². The molecule has 0 unspecified atom stereocenters. The topological polar surface area (TPSA) is 41.1 Å². The molecule has 88 valence electrons. The molecule has 3 nitrogen and oxygen atoms in total. The Bertz CT molecular complexity index is 353. The van der Waals surface area contributed by atoms with Gasteiger partial charge in [-0.15, -0.1) is 0 Å². The van der Waals surface area contributed by atoms with Gasteiger partial charge in [0.05, 0.1) is 0 Å². The fourth-order valence-electron chi connectivity index (χ4n) is 1.18. The van der Waals surface area contributed by atoms with Crippen LogP contribution in [0.25, 0.3) is 0 Å². The van der Waals surface area contributed by atoms with Crippen molar-refractivity contribution in [1.29, 1.82) is 0 Å². The summed E-state index contributed by atoms with van der Waals surface area (Å²) in [6.07, 6.45) is 0. The van der Waals surface area contributed by atoms with E-state index in [1.165, 1.54) is 0 Å². The standard InChI is InChI=1S/C12H17BrN2O/c1-9(2)7-14-12(16)15-8-10-5-3-4-6-11(10)13/h3-6,9H,7-8H2,1-2H3,(H2,14,15,16). The molecule has 0 aliphatic heterocycles. The molecule has 0 spiro atoms. The van der Waals surface area contributed by atoms with Crippen LogP contribution in [0.3, 0.4) is 0 Å². The Labute approximate surface area is 105 Å². The van der Waals surface area contributed by atoms with Gasteiger partial charge in [-0.1, -0.05) is 48.0 Å². The highest BCUT2D eigenvalue weighted by Crippen LogP contribution is 2.15. The molecule has 0 aromatic heterocycles. The average molecular weight is 285 g/mol. The van der Waals surface area contributed by atoms with Gasteiger partial charge in [0.25, 0.3) is 0 Å². The highest BCUT2D eigenvalue weighted by Gasteiger charge is 2.03. The molecule has 0 aliphatic rings. The molecule has 0 saturated carbocycles. The summed E-state index contributed by atoms with van der Waals surface area (Å²) in [6.45, 7) is 5.36. The quantitative estimate of drug-likeness (QED) is 0.877. The first-order chi connectivity index (χ1) is 7.59. The molecule has 1 rings (SSSR count). The van der Waals surface area contributed by atoms with E-state index in [2.05, 4.69) is 40.4 Å². The van der Waals surface area contributed by atoms with Gasteiger partial charge in [0.2, 0.25) is 0 Å². The second-order valence-corrected chi connectivity index (χ2v) is 4.90. The third kappa shape index (κ3) is 4.66. The Kier molecular flexibility index (Phi) is 5.32. The van der Waals surface area contributed by atoms with E-state index < -0.39 is 0 Å². The number of rotatable bonds is 4. The molecular formula is C12H17BrN2O. The van der Waals surface area contributed by atoms with Gasteiger partial charge in [0.1, 0.15) is 0 Å². The predicted molar refractivity (Wildman–Crippen MR) is 69.2 cm³/mol. The lowest BCUT2D eigenvalue weighted by molar-refractivity contribution is 0.239. The number of carbonyl (C=O) groups excluding carboxylic acids is 1. The first-order valence-electron chi connectivity index (χ1n) is 5.34. The lowest BCUT2D eigenvalue weighted by atomic mass is 10.2. The van der Waals surface area contributed by atoms with Crippen molar-refractivity contribution in [2.75, 3.05) is 6.54 Å². The molecule has 16 heavy (non-hydrogen) atoms. The van der Waals surface area contributed by atoms with Crippen molar-refractivity contribution in [3.63, 3.8) is 0 Å². The fraction of sp³-hybridized carbons (Fsp3) is 0.417. The van der Waals surface area contributed by atoms with E-state index in [0.717, 1.165) is 10.0 Å². The van der Waals surface area contributed by atoms with Crippen molar-refractivity contribution in [2.45, 2.75) is 20.4 Å². The molecule has 1 aromatic rings. The molecule has 0 aliphatic carbocycles. The molecule has 1 aromatic carbocycles. The molecule has 0 radical (unpaired) electrons. The fourth-order valence-corrected chi connectivity index (χ4v) is 1.60. The number of amides is 2. The monoisotopic (exact) mass is 284 g/mol. The van der Waals surface area contributed by atoms with Crippen LogP contribution in [0.15, 0.2) is 28.7 Å². The summed E-state index contributed by atoms with van der Waals surface area (Å²) < 4.78 is 1.01. The number of urea groups is 1. The SMILES string of the molecule is CC(C)CNC(=O)NCc1ccccc1Br. The van der Waals surface area contributed by atoms with Crippen LogP contribution in [0.1, 0.15) is 19.4 Å². The third-order valence-electron chi connectivity index (χ3n) is 2.07. The second kappa shape index (κ2) is 6.53. The Morgan fingerprint density at radius 3 is 2.62 bits per heavy atom. The van der Waals surface area contributed by atoms with Crippen molar-refractivity contribution >= 4 is 22.0 Å². The number of nitrogens with one attached hydrogen (secondary N) is 2. The molecule has 2 N–H and O–H groups in total. The summed E-state index contributed by atoms with van der Waals surface area (Å²) in [4.78, 5) is 11.4. The van der Waals surface area contributed by atoms with Crippen molar-refractivity contribution in [3.05, 3.63) is 34.3 Å². The van der Waals surface area contributed by atoms with Crippen LogP contribution in [-0.2, 0) is 6.54 Å². The van der Waals surface area contributed by atoms with Crippen molar-refractivity contribution in [3.8, 4) is 0 Å². The summed E-state index contributed by atoms with van der Waals surface area (Å²) in [5.74, 6) is 0.467. The van der Waals surface area contributed by atoms with Crippen LogP contribution >= 0.6 is 15.9 Å². The summed E-state index contributed by atoms with van der Waals surface area (Å²) >= 11 is 3.44. The van der Waals surface area contributed by atoms with Gasteiger partial charge < -0.3 is 10.6 Å². The first kappa shape index (κ1) is 13.0. The van der Waals surface area contributed by atoms with Gasteiger partial charge >= 0.3 is 6.03 Å². The highest BCUT2D eigenvalue weighted by molar-refractivity contribution is 9.10. The lowest BCUT2D eigenvalue weighted by Gasteiger charge is -2.10. The maximum atomic E-state index is 11.4. The summed E-state index contributed by atoms with van der Waals surface area (Å²) in [5, 5.41) is 5.62. The minimum Gasteiger partial charge on any atom is -0.338 e. The van der Waals surface area contributed by atoms with Crippen LogP contribution in [0, 0.1) is 5.92 Å². The van der Waals surface area contributed by atoms with Gasteiger partial charge in [0, 0.05) is 17.6 Å². The summed E-state index contributed by atoms with van der Waals surface area (Å²) in [5.41, 5.74) is 1.07. The number of carbonyl (C=O) groups is 1. The molecule has 0 bridgehead atoms. The number of hydrogen-bond acceptors (Lipinski definition) is 1. The highest BCUT2D eigenvalue weighted by atomic mass is 79.9. The van der Waals surface area contributed by atoms with Crippen LogP contribution in [0.5, 0.6) is 0 Å². The van der Waals surface area contributed by atoms with E-state index in [1.807, 2.05) is 24.3 Å². The molecule has 0 heterocycles. The van der Waals surface area contributed by atoms with Crippen molar-refractivity contribution in [2.24, 2.45) is 5.92 Å². The van der Waals surface area contributed by atoms with Gasteiger partial charge in [-0.2, -0.15) is 0 Å². The zero-order valence-electron chi connectivity index (χ0n) is 9.59. The lowest BCUT2D eigenvalue weighted by Crippen LogP contribution is -2.37. The van der Waals surface area contributed by atoms with Gasteiger partial charge in [-0.25, -0.2) is 4.79 Å². The maximum Gasteiger partial charge on any atom is 0.315 e. The van der Waals surface area contributed by atoms with E-state index in [9.17, 15) is 4.79 Å². The Balaban J connectivity index is 2.35. The number of benzene rings is 1. The minimum atomic E-state index is -0.121. The zero-order chi connectivity index (χ0) is 12.0. The zero-order valence-corrected chi connectivity index (χ0v) is 11.2. The molecule has 0 atom stereocenters. The summed E-state index contributed by atoms with van der Waals surface area (Å²) in [7, 11) is 0. The van der Waals surface area contributed by atoms with Crippen LogP contribution < -0.4 is 10.6 Å². The van der Waals surface area contributed by atoms with E-state index >= 15 is 0 Å². The first-order valence-corrected chi connectivity index (χ1v) is 6.14. The Hall–Kier alpha value is -1.03. The maximum absolute atomic E-state index is 11.4. The van der Waals surface area contributed by atoms with E-state index in [4.69, 9.17) is 0 Å². The molecular weight excluding hydrogens is 268 g/mol. The third-order valence-corrected chi connectivity index (χ3v) is 2.84. The van der Waals surface area contributed by atoms with Crippen molar-refractivity contribution < 1.29 is 4.79 Å². The number of hydrogen-bond donors (Lipinski definition) is 2. The normalized spacial score (nSPS) is 10.2. The van der Waals surface area contributed by atoms with Crippen LogP contribution in [0.4, 0.5) is 4.79 Å². The second-order valence-electron chi connectivity index (χ2n) is 4.05.